The van der Waals surface area contributed by atoms with Crippen LogP contribution in [0, 0.1) is 10.8 Å². The van der Waals surface area contributed by atoms with Gasteiger partial charge in [-0.15, -0.1) is 0 Å². The Morgan fingerprint density at radius 3 is 1.66 bits per heavy atom. The Bertz CT molecular complexity index is 1230. The molecule has 0 heterocycles. The van der Waals surface area contributed by atoms with Crippen molar-refractivity contribution in [3.63, 3.8) is 0 Å². The summed E-state index contributed by atoms with van der Waals surface area (Å²) in [4.78, 5) is 0. The molecule has 0 radical (unpaired) electrons. The Morgan fingerprint density at radius 1 is 0.659 bits per heavy atom. The maximum atomic E-state index is 10.1. The summed E-state index contributed by atoms with van der Waals surface area (Å²) in [5.41, 5.74) is 10.5. The van der Waals surface area contributed by atoms with Gasteiger partial charge in [-0.2, -0.15) is 0 Å². The van der Waals surface area contributed by atoms with Gasteiger partial charge in [0.25, 0.3) is 0 Å². The fraction of sp³-hybridized carbons (Fsp3) is 0.487. The minimum Gasteiger partial charge on any atom is -0.393 e. The summed E-state index contributed by atoms with van der Waals surface area (Å²) in [6, 6.07) is 0. The molecule has 0 fully saturated rings. The first kappa shape index (κ1) is 34.5. The molecule has 0 bridgehead atoms. The third-order valence-corrected chi connectivity index (χ3v) is 8.35. The minimum absolute atomic E-state index is 0.00740. The fourth-order valence-corrected chi connectivity index (χ4v) is 6.26. The molecule has 0 spiro atoms. The largest absolute Gasteiger partial charge is 0.393 e. The number of aliphatic hydroxyl groups excluding tert-OH is 2. The monoisotopic (exact) mass is 556 g/mol. The van der Waals surface area contributed by atoms with E-state index in [-0.39, 0.29) is 23.0 Å². The van der Waals surface area contributed by atoms with Gasteiger partial charge in [-0.05, 0) is 90.0 Å². The van der Waals surface area contributed by atoms with Crippen molar-refractivity contribution in [1.29, 1.82) is 0 Å². The van der Waals surface area contributed by atoms with Crippen molar-refractivity contribution in [2.75, 3.05) is 0 Å². The second kappa shape index (κ2) is 15.5. The first-order valence-electron chi connectivity index (χ1n) is 15.2. The van der Waals surface area contributed by atoms with Gasteiger partial charge in [0.05, 0.1) is 12.2 Å². The molecule has 0 aromatic heterocycles. The molecule has 2 heteroatoms. The van der Waals surface area contributed by atoms with E-state index in [0.29, 0.717) is 0 Å². The van der Waals surface area contributed by atoms with E-state index in [1.807, 2.05) is 0 Å². The van der Waals surface area contributed by atoms with Crippen molar-refractivity contribution >= 4 is 0 Å². The highest BCUT2D eigenvalue weighted by atomic mass is 16.3. The van der Waals surface area contributed by atoms with Crippen LogP contribution in [-0.4, -0.2) is 22.4 Å². The van der Waals surface area contributed by atoms with Crippen LogP contribution in [0.4, 0.5) is 0 Å². The Balaban J connectivity index is 1.90. The van der Waals surface area contributed by atoms with E-state index in [2.05, 4.69) is 142 Å². The quantitative estimate of drug-likeness (QED) is 0.207. The maximum absolute atomic E-state index is 10.1. The molecular formula is C39H56O2. The second-order valence-electron chi connectivity index (χ2n) is 13.7. The number of aliphatic hydroxyl groups is 2. The van der Waals surface area contributed by atoms with Gasteiger partial charge in [-0.3, -0.25) is 0 Å². The molecule has 0 aliphatic heterocycles. The molecule has 0 unspecified atom stereocenters. The third-order valence-electron chi connectivity index (χ3n) is 8.35. The fourth-order valence-electron chi connectivity index (χ4n) is 6.26. The van der Waals surface area contributed by atoms with Gasteiger partial charge < -0.3 is 10.2 Å². The molecule has 0 aromatic carbocycles. The van der Waals surface area contributed by atoms with E-state index in [0.717, 1.165) is 32.1 Å². The third kappa shape index (κ3) is 11.6. The van der Waals surface area contributed by atoms with Crippen LogP contribution in [0.2, 0.25) is 0 Å². The van der Waals surface area contributed by atoms with Crippen molar-refractivity contribution in [3.8, 4) is 0 Å². The zero-order chi connectivity index (χ0) is 30.8. The van der Waals surface area contributed by atoms with Crippen molar-refractivity contribution in [2.24, 2.45) is 10.8 Å². The van der Waals surface area contributed by atoms with E-state index in [1.165, 1.54) is 44.6 Å². The molecule has 2 aliphatic rings. The van der Waals surface area contributed by atoms with Crippen molar-refractivity contribution in [3.05, 3.63) is 117 Å². The van der Waals surface area contributed by atoms with E-state index in [4.69, 9.17) is 0 Å². The van der Waals surface area contributed by atoms with Gasteiger partial charge in [0, 0.05) is 0 Å². The van der Waals surface area contributed by atoms with Crippen LogP contribution in [0.3, 0.4) is 0 Å². The standard InChI is InChI=1S/C39H56O2/c1-28(17-13-19-30(3)21-22-36-32(5)24-34(40)26-38(36,7)8)15-11-12-16-29(2)18-14-20-31(4)23-37-33(6)25-35(41)27-39(37,9)10/h11-22,34-35,40-41H,23-27H2,1-10H3/b12-11+,17-13+,18-14+,22-21+,28-15+,29-16+,30-19+,31-20+/t34-,35+/m0/s1. The van der Waals surface area contributed by atoms with Crippen LogP contribution < -0.4 is 0 Å². The average Bonchev–Trinajstić information content (AvgIpc) is 2.82. The molecule has 224 valence electrons. The van der Waals surface area contributed by atoms with Crippen molar-refractivity contribution < 1.29 is 10.2 Å². The molecular weight excluding hydrogens is 500 g/mol. The molecule has 41 heavy (non-hydrogen) atoms. The molecule has 0 amide bonds. The van der Waals surface area contributed by atoms with Crippen LogP contribution in [0.5, 0.6) is 0 Å². The lowest BCUT2D eigenvalue weighted by atomic mass is 9.70. The molecule has 2 atom stereocenters. The van der Waals surface area contributed by atoms with Crippen LogP contribution in [-0.2, 0) is 0 Å². The lowest BCUT2D eigenvalue weighted by Gasteiger charge is -2.37. The predicted octanol–water partition coefficient (Wildman–Crippen LogP) is 10.4. The molecule has 2 rings (SSSR count). The van der Waals surface area contributed by atoms with Crippen molar-refractivity contribution in [1.82, 2.24) is 0 Å². The number of hydrogen-bond acceptors (Lipinski definition) is 2. The summed E-state index contributed by atoms with van der Waals surface area (Å²) < 4.78 is 0. The topological polar surface area (TPSA) is 40.5 Å². The Kier molecular flexibility index (Phi) is 13.1. The zero-order valence-electron chi connectivity index (χ0n) is 27.5. The number of rotatable bonds is 10. The summed E-state index contributed by atoms with van der Waals surface area (Å²) in [6.07, 6.45) is 29.5. The number of allylic oxidation sites excluding steroid dienone is 18. The zero-order valence-corrected chi connectivity index (χ0v) is 27.5. The summed E-state index contributed by atoms with van der Waals surface area (Å²) in [5.74, 6) is 0. The first-order chi connectivity index (χ1) is 19.1. The molecule has 0 aromatic rings. The van der Waals surface area contributed by atoms with Crippen LogP contribution in [0.1, 0.15) is 101 Å². The summed E-state index contributed by atoms with van der Waals surface area (Å²) in [7, 11) is 0. The Hall–Kier alpha value is -2.68. The molecule has 2 aliphatic carbocycles. The minimum atomic E-state index is -0.225. The van der Waals surface area contributed by atoms with E-state index < -0.39 is 0 Å². The summed E-state index contributed by atoms with van der Waals surface area (Å²) >= 11 is 0. The summed E-state index contributed by atoms with van der Waals surface area (Å²) in [5, 5.41) is 20.2. The molecule has 2 nitrogen and oxygen atoms in total. The average molecular weight is 557 g/mol. The lowest BCUT2D eigenvalue weighted by Crippen LogP contribution is -2.29. The Labute approximate surface area is 251 Å². The van der Waals surface area contributed by atoms with Gasteiger partial charge in [0.15, 0.2) is 0 Å². The van der Waals surface area contributed by atoms with Crippen LogP contribution >= 0.6 is 0 Å². The molecule has 0 saturated heterocycles. The molecule has 2 N–H and O–H groups in total. The number of hydrogen-bond donors (Lipinski definition) is 2. The van der Waals surface area contributed by atoms with Gasteiger partial charge in [0.1, 0.15) is 0 Å². The van der Waals surface area contributed by atoms with E-state index >= 15 is 0 Å². The Morgan fingerprint density at radius 2 is 1.12 bits per heavy atom. The smallest absolute Gasteiger partial charge is 0.0585 e. The first-order valence-corrected chi connectivity index (χ1v) is 15.2. The van der Waals surface area contributed by atoms with E-state index in [1.54, 1.807) is 0 Å². The summed E-state index contributed by atoms with van der Waals surface area (Å²) in [6.45, 7) is 21.8. The predicted molar refractivity (Wildman–Crippen MR) is 180 cm³/mol. The van der Waals surface area contributed by atoms with Crippen LogP contribution in [0.25, 0.3) is 0 Å². The highest BCUT2D eigenvalue weighted by Gasteiger charge is 2.33. The lowest BCUT2D eigenvalue weighted by molar-refractivity contribution is 0.113. The van der Waals surface area contributed by atoms with Crippen molar-refractivity contribution in [2.45, 2.75) is 114 Å². The van der Waals surface area contributed by atoms with Gasteiger partial charge in [0.2, 0.25) is 0 Å². The highest BCUT2D eigenvalue weighted by molar-refractivity contribution is 5.38. The maximum Gasteiger partial charge on any atom is 0.0585 e. The normalized spacial score (nSPS) is 25.2. The highest BCUT2D eigenvalue weighted by Crippen LogP contribution is 2.43. The van der Waals surface area contributed by atoms with Gasteiger partial charge in [-0.25, -0.2) is 0 Å². The van der Waals surface area contributed by atoms with Crippen LogP contribution in [0.15, 0.2) is 117 Å². The van der Waals surface area contributed by atoms with E-state index in [9.17, 15) is 10.2 Å². The molecule has 0 saturated carbocycles. The van der Waals surface area contributed by atoms with Gasteiger partial charge >= 0.3 is 0 Å². The second-order valence-corrected chi connectivity index (χ2v) is 13.7. The van der Waals surface area contributed by atoms with Gasteiger partial charge in [-0.1, -0.05) is 140 Å². The SMILES string of the molecule is CC1=C(/C=C/C(C)=C/C=C/C(C)=C/C=C/C=C(C)/C=C/C=C(\C)CC2=C(C)C[C@@H](O)CC2(C)C)C(C)(C)C[C@@H](O)C1.